The van der Waals surface area contributed by atoms with Crippen LogP contribution in [0.15, 0.2) is 340 Å². The minimum absolute atomic E-state index is 0.525. The van der Waals surface area contributed by atoms with Crippen molar-refractivity contribution in [2.75, 3.05) is 0 Å². The molecule has 1 aliphatic rings. The van der Waals surface area contributed by atoms with E-state index < -0.39 is 5.41 Å². The van der Waals surface area contributed by atoms with Crippen LogP contribution >= 0.6 is 0 Å². The number of rotatable bonds is 10. The normalized spacial score (nSPS) is 12.5. The lowest BCUT2D eigenvalue weighted by atomic mass is 9.67. The lowest BCUT2D eigenvalue weighted by Crippen LogP contribution is -2.28. The molecule has 2 heterocycles. The zero-order valence-corrected chi connectivity index (χ0v) is 47.7. The number of hydrogen-bond acceptors (Lipinski definition) is 0. The van der Waals surface area contributed by atoms with E-state index in [0.717, 1.165) is 5.69 Å². The third-order valence-electron chi connectivity index (χ3n) is 18.5. The van der Waals surface area contributed by atoms with E-state index in [9.17, 15) is 0 Å². The summed E-state index contributed by atoms with van der Waals surface area (Å²) < 4.78 is 4.84. The summed E-state index contributed by atoms with van der Waals surface area (Å²) in [6.45, 7) is 0. The molecule has 0 saturated heterocycles. The van der Waals surface area contributed by atoms with Gasteiger partial charge in [-0.2, -0.15) is 0 Å². The average Bonchev–Trinajstić information content (AvgIpc) is 1.65. The maximum atomic E-state index is 2.46. The fourth-order valence-corrected chi connectivity index (χ4v) is 14.4. The summed E-state index contributed by atoms with van der Waals surface area (Å²) in [5, 5.41) is 4.97. The number of benzene rings is 14. The van der Waals surface area contributed by atoms with Gasteiger partial charge in [0, 0.05) is 32.8 Å². The number of hydrogen-bond donors (Lipinski definition) is 0. The number of nitrogens with zero attached hydrogens (tertiary/aromatic N) is 2. The Morgan fingerprint density at radius 3 is 1.17 bits per heavy atom. The maximum absolute atomic E-state index is 2.46. The van der Waals surface area contributed by atoms with Gasteiger partial charge in [-0.1, -0.05) is 273 Å². The quantitative estimate of drug-likeness (QED) is 0.129. The lowest BCUT2D eigenvalue weighted by molar-refractivity contribution is 0.769. The summed E-state index contributed by atoms with van der Waals surface area (Å²) in [5.41, 5.74) is 28.6. The van der Waals surface area contributed by atoms with Gasteiger partial charge in [-0.15, -0.1) is 0 Å². The van der Waals surface area contributed by atoms with Gasteiger partial charge in [0.15, 0.2) is 0 Å². The SMILES string of the molecule is c1ccc(-c2cccc(-c3ccc(C4(c5cccc(-c6ccc(-c7ccc(-c8ccccc8-n8c9ccccc9c9cc(-c%10ccc%11c(c%10)c%10ccccc%10n%11-c%10ccccc%10)ccc98)cc7)cc6)c5)c5ccccc5-c5ccccc54)cc3)c2)cc1. The molecule has 0 saturated carbocycles. The summed E-state index contributed by atoms with van der Waals surface area (Å²) in [5.74, 6) is 0. The van der Waals surface area contributed by atoms with Crippen molar-refractivity contribution in [2.45, 2.75) is 5.41 Å². The molecule has 0 radical (unpaired) electrons. The summed E-state index contributed by atoms with van der Waals surface area (Å²) in [4.78, 5) is 0. The molecule has 0 amide bonds. The zero-order chi connectivity index (χ0) is 57.4. The summed E-state index contributed by atoms with van der Waals surface area (Å²) in [6.07, 6.45) is 0. The Labute approximate surface area is 506 Å². The predicted molar refractivity (Wildman–Crippen MR) is 365 cm³/mol. The van der Waals surface area contributed by atoms with E-state index in [4.69, 9.17) is 0 Å². The molecule has 0 fully saturated rings. The highest BCUT2D eigenvalue weighted by molar-refractivity contribution is 6.13. The van der Waals surface area contributed by atoms with E-state index in [0.29, 0.717) is 0 Å². The first-order valence-electron chi connectivity index (χ1n) is 30.1. The molecule has 0 bridgehead atoms. The molecule has 17 rings (SSSR count). The Bertz CT molecular complexity index is 5250. The highest BCUT2D eigenvalue weighted by Gasteiger charge is 2.46. The number of para-hydroxylation sites is 4. The fraction of sp³-hybridized carbons (Fsp3) is 0.0118. The summed E-state index contributed by atoms with van der Waals surface area (Å²) in [7, 11) is 0. The van der Waals surface area contributed by atoms with Gasteiger partial charge in [-0.05, 0) is 161 Å². The van der Waals surface area contributed by atoms with Gasteiger partial charge >= 0.3 is 0 Å². The predicted octanol–water partition coefficient (Wildman–Crippen LogP) is 22.2. The zero-order valence-electron chi connectivity index (χ0n) is 47.7. The van der Waals surface area contributed by atoms with E-state index in [1.54, 1.807) is 0 Å². The molecule has 0 unspecified atom stereocenters. The second-order valence-electron chi connectivity index (χ2n) is 23.1. The van der Waals surface area contributed by atoms with Gasteiger partial charge in [0.25, 0.3) is 0 Å². The largest absolute Gasteiger partial charge is 0.309 e. The molecule has 87 heavy (non-hydrogen) atoms. The van der Waals surface area contributed by atoms with Crippen LogP contribution in [0.1, 0.15) is 22.3 Å². The molecular formula is C85H56N2. The second kappa shape index (κ2) is 20.5. The van der Waals surface area contributed by atoms with E-state index >= 15 is 0 Å². The Morgan fingerprint density at radius 1 is 0.195 bits per heavy atom. The molecule has 2 nitrogen and oxygen atoms in total. The molecular weight excluding hydrogens is 1050 g/mol. The standard InChI is InChI=1S/C85H56N2/c1-3-19-57(20-4-1)63-21-17-22-64(53-63)61-45-49-68(50-46-61)85(78-32-12-7-28-72(78)73-29-8-13-33-79(73)85)69-24-18-23-65(54-69)60-39-37-58(38-40-60)59-41-43-62(44-42-59)71-27-9-14-34-80(71)87-82-36-16-11-31-75(82)77-56-67(48-52-84(77)87)66-47-51-83-76(55-66)74-30-10-15-35-81(74)86(83)70-25-5-2-6-26-70/h1-56H. The first kappa shape index (κ1) is 50.2. The number of aromatic nitrogens is 2. The van der Waals surface area contributed by atoms with E-state index in [-0.39, 0.29) is 0 Å². The minimum Gasteiger partial charge on any atom is -0.309 e. The lowest BCUT2D eigenvalue weighted by Gasteiger charge is -2.34. The molecule has 16 aromatic rings. The Kier molecular flexibility index (Phi) is 11.8. The van der Waals surface area contributed by atoms with Gasteiger partial charge in [0.05, 0.1) is 33.2 Å². The third-order valence-corrected chi connectivity index (χ3v) is 18.5. The van der Waals surface area contributed by atoms with Gasteiger partial charge in [-0.3, -0.25) is 0 Å². The molecule has 0 atom stereocenters. The van der Waals surface area contributed by atoms with Crippen LogP contribution in [-0.2, 0) is 5.41 Å². The molecule has 0 spiro atoms. The van der Waals surface area contributed by atoms with Gasteiger partial charge in [0.2, 0.25) is 0 Å². The van der Waals surface area contributed by atoms with Gasteiger partial charge < -0.3 is 9.13 Å². The van der Waals surface area contributed by atoms with Crippen LogP contribution < -0.4 is 0 Å². The minimum atomic E-state index is -0.525. The first-order valence-corrected chi connectivity index (χ1v) is 30.1. The van der Waals surface area contributed by atoms with Crippen molar-refractivity contribution >= 4 is 43.6 Å². The Hall–Kier alpha value is -11.3. The van der Waals surface area contributed by atoms with Gasteiger partial charge in [0.1, 0.15) is 0 Å². The molecule has 2 aromatic heterocycles. The number of fused-ring (bicyclic) bond motifs is 9. The van der Waals surface area contributed by atoms with Gasteiger partial charge in [-0.25, -0.2) is 0 Å². The van der Waals surface area contributed by atoms with E-state index in [2.05, 4.69) is 349 Å². The highest BCUT2D eigenvalue weighted by Crippen LogP contribution is 2.56. The van der Waals surface area contributed by atoms with Crippen LogP contribution in [0, 0.1) is 0 Å². The first-order chi connectivity index (χ1) is 43.1. The van der Waals surface area contributed by atoms with Crippen LogP contribution in [0.25, 0.3) is 133 Å². The van der Waals surface area contributed by atoms with Crippen molar-refractivity contribution in [1.29, 1.82) is 0 Å². The molecule has 14 aromatic carbocycles. The van der Waals surface area contributed by atoms with Crippen LogP contribution in [0.4, 0.5) is 0 Å². The van der Waals surface area contributed by atoms with Crippen LogP contribution in [0.5, 0.6) is 0 Å². The van der Waals surface area contributed by atoms with Crippen LogP contribution in [0.3, 0.4) is 0 Å². The monoisotopic (exact) mass is 1100 g/mol. The molecule has 406 valence electrons. The highest BCUT2D eigenvalue weighted by atomic mass is 15.0. The smallest absolute Gasteiger partial charge is 0.0713 e. The summed E-state index contributed by atoms with van der Waals surface area (Å²) in [6, 6.07) is 126. The van der Waals surface area contributed by atoms with Crippen molar-refractivity contribution in [3.63, 3.8) is 0 Å². The molecule has 0 aliphatic heterocycles. The third kappa shape index (κ3) is 8.17. The fourth-order valence-electron chi connectivity index (χ4n) is 14.4. The summed E-state index contributed by atoms with van der Waals surface area (Å²) >= 11 is 0. The van der Waals surface area contributed by atoms with Crippen molar-refractivity contribution in [3.8, 4) is 89.3 Å². The van der Waals surface area contributed by atoms with E-state index in [1.165, 1.54) is 149 Å². The second-order valence-corrected chi connectivity index (χ2v) is 23.1. The van der Waals surface area contributed by atoms with Crippen LogP contribution in [-0.4, -0.2) is 9.13 Å². The topological polar surface area (TPSA) is 9.86 Å². The van der Waals surface area contributed by atoms with E-state index in [1.807, 2.05) is 0 Å². The van der Waals surface area contributed by atoms with Crippen molar-refractivity contribution < 1.29 is 0 Å². The molecule has 0 N–H and O–H groups in total. The van der Waals surface area contributed by atoms with Crippen molar-refractivity contribution in [2.24, 2.45) is 0 Å². The van der Waals surface area contributed by atoms with Crippen LogP contribution in [0.2, 0.25) is 0 Å². The Balaban J connectivity index is 0.686. The van der Waals surface area contributed by atoms with Crippen molar-refractivity contribution in [1.82, 2.24) is 9.13 Å². The Morgan fingerprint density at radius 2 is 0.575 bits per heavy atom. The molecule has 1 aliphatic carbocycles. The molecule has 2 heteroatoms. The van der Waals surface area contributed by atoms with Crippen molar-refractivity contribution in [3.05, 3.63) is 362 Å². The average molecular weight is 1110 g/mol. The maximum Gasteiger partial charge on any atom is 0.0713 e.